The Balaban J connectivity index is 2.96. The van der Waals surface area contributed by atoms with Gasteiger partial charge in [-0.25, -0.2) is 0 Å². The van der Waals surface area contributed by atoms with Crippen LogP contribution in [0.1, 0.15) is 25.3 Å². The smallest absolute Gasteiger partial charge is 0.373 e. The molecule has 0 aromatic heterocycles. The zero-order valence-electron chi connectivity index (χ0n) is 11.2. The van der Waals surface area contributed by atoms with Crippen LogP contribution in [0.25, 0.3) is 0 Å². The Morgan fingerprint density at radius 3 is 2.24 bits per heavy atom. The second kappa shape index (κ2) is 6.91. The first-order chi connectivity index (χ1) is 8.22. The molecule has 0 aliphatic rings. The average molecular weight is 254 g/mol. The van der Waals surface area contributed by atoms with E-state index in [0.29, 0.717) is 0 Å². The highest BCUT2D eigenvalue weighted by Gasteiger charge is 2.40. The van der Waals surface area contributed by atoms with E-state index < -0.39 is 8.80 Å². The molecule has 0 unspecified atom stereocenters. The lowest BCUT2D eigenvalue weighted by Gasteiger charge is -2.24. The van der Waals surface area contributed by atoms with Crippen LogP contribution in [0, 0.1) is 0 Å². The number of hydrogen-bond donors (Lipinski definition) is 0. The number of aryl methyl sites for hydroxylation is 1. The number of benzene rings is 1. The zero-order chi connectivity index (χ0) is 12.7. The molecule has 0 spiro atoms. The monoisotopic (exact) mass is 254 g/mol. The Hall–Kier alpha value is -0.683. The summed E-state index contributed by atoms with van der Waals surface area (Å²) in [6, 6.07) is 8.33. The Morgan fingerprint density at radius 1 is 1.06 bits per heavy atom. The van der Waals surface area contributed by atoms with Gasteiger partial charge < -0.3 is 13.3 Å². The van der Waals surface area contributed by atoms with Crippen LogP contribution in [0.15, 0.2) is 24.3 Å². The third kappa shape index (κ3) is 3.39. The first-order valence-electron chi connectivity index (χ1n) is 5.97. The maximum atomic E-state index is 5.48. The molecule has 96 valence electrons. The normalized spacial score (nSPS) is 11.8. The summed E-state index contributed by atoms with van der Waals surface area (Å²) in [7, 11) is 2.25. The number of unbranched alkanes of at least 4 members (excludes halogenated alkanes) is 1. The summed E-state index contributed by atoms with van der Waals surface area (Å²) in [4.78, 5) is 0. The molecule has 0 atom stereocenters. The van der Waals surface area contributed by atoms with Crippen molar-refractivity contribution in [1.82, 2.24) is 0 Å². The van der Waals surface area contributed by atoms with Crippen LogP contribution < -0.4 is 5.19 Å². The van der Waals surface area contributed by atoms with Gasteiger partial charge in [-0.1, -0.05) is 37.6 Å². The second-order valence-electron chi connectivity index (χ2n) is 3.97. The van der Waals surface area contributed by atoms with Crippen LogP contribution >= 0.6 is 0 Å². The molecule has 0 radical (unpaired) electrons. The van der Waals surface area contributed by atoms with Gasteiger partial charge in [0.05, 0.1) is 0 Å². The van der Waals surface area contributed by atoms with Crippen LogP contribution in [0.5, 0.6) is 0 Å². The minimum atomic E-state index is -2.66. The minimum absolute atomic E-state index is 1.03. The fraction of sp³-hybridized carbons (Fsp3) is 0.538. The van der Waals surface area contributed by atoms with Gasteiger partial charge in [0.2, 0.25) is 0 Å². The molecule has 0 saturated heterocycles. The molecule has 0 fully saturated rings. The van der Waals surface area contributed by atoms with Crippen molar-refractivity contribution in [3.8, 4) is 0 Å². The lowest BCUT2D eigenvalue weighted by Crippen LogP contribution is -2.54. The first kappa shape index (κ1) is 14.4. The summed E-state index contributed by atoms with van der Waals surface area (Å²) in [6.45, 7) is 2.20. The standard InChI is InChI=1S/C13H22O3Si/c1-5-6-8-12-9-7-10-13(11-12)17(14-2,15-3)16-4/h7,9-11H,5-6,8H2,1-4H3. The summed E-state index contributed by atoms with van der Waals surface area (Å²) in [5.74, 6) is 0. The molecule has 3 nitrogen and oxygen atoms in total. The summed E-state index contributed by atoms with van der Waals surface area (Å²) < 4.78 is 16.4. The zero-order valence-corrected chi connectivity index (χ0v) is 12.2. The van der Waals surface area contributed by atoms with E-state index in [1.807, 2.05) is 12.1 Å². The number of hydrogen-bond acceptors (Lipinski definition) is 3. The molecule has 0 heterocycles. The summed E-state index contributed by atoms with van der Waals surface area (Å²) in [5.41, 5.74) is 1.31. The third-order valence-electron chi connectivity index (χ3n) is 2.91. The maximum absolute atomic E-state index is 5.48. The fourth-order valence-corrected chi connectivity index (χ4v) is 3.77. The predicted molar refractivity (Wildman–Crippen MR) is 71.5 cm³/mol. The van der Waals surface area contributed by atoms with Gasteiger partial charge in [-0.05, 0) is 18.4 Å². The van der Waals surface area contributed by atoms with Crippen molar-refractivity contribution < 1.29 is 13.3 Å². The molecule has 17 heavy (non-hydrogen) atoms. The van der Waals surface area contributed by atoms with Crippen molar-refractivity contribution >= 4 is 14.0 Å². The van der Waals surface area contributed by atoms with Gasteiger partial charge in [0.25, 0.3) is 0 Å². The third-order valence-corrected chi connectivity index (χ3v) is 5.54. The molecule has 1 rings (SSSR count). The molecule has 0 aliphatic carbocycles. The van der Waals surface area contributed by atoms with E-state index in [0.717, 1.165) is 11.6 Å². The molecular weight excluding hydrogens is 232 g/mol. The van der Waals surface area contributed by atoms with E-state index in [1.54, 1.807) is 21.3 Å². The van der Waals surface area contributed by atoms with Crippen molar-refractivity contribution in [3.05, 3.63) is 29.8 Å². The quantitative estimate of drug-likeness (QED) is 0.698. The van der Waals surface area contributed by atoms with Gasteiger partial charge in [0.15, 0.2) is 0 Å². The highest BCUT2D eigenvalue weighted by Crippen LogP contribution is 2.10. The Morgan fingerprint density at radius 2 is 1.71 bits per heavy atom. The van der Waals surface area contributed by atoms with E-state index in [4.69, 9.17) is 13.3 Å². The van der Waals surface area contributed by atoms with E-state index in [-0.39, 0.29) is 0 Å². The Kier molecular flexibility index (Phi) is 5.84. The molecule has 0 bridgehead atoms. The van der Waals surface area contributed by atoms with Crippen molar-refractivity contribution in [3.63, 3.8) is 0 Å². The molecule has 0 amide bonds. The van der Waals surface area contributed by atoms with Gasteiger partial charge in [0, 0.05) is 26.5 Å². The maximum Gasteiger partial charge on any atom is 0.536 e. The Labute approximate surface area is 105 Å². The molecule has 4 heteroatoms. The van der Waals surface area contributed by atoms with E-state index in [2.05, 4.69) is 19.1 Å². The van der Waals surface area contributed by atoms with Gasteiger partial charge in [-0.15, -0.1) is 0 Å². The summed E-state index contributed by atoms with van der Waals surface area (Å²) in [6.07, 6.45) is 3.49. The van der Waals surface area contributed by atoms with E-state index in [9.17, 15) is 0 Å². The van der Waals surface area contributed by atoms with Crippen LogP contribution in [0.2, 0.25) is 0 Å². The second-order valence-corrected chi connectivity index (χ2v) is 6.89. The van der Waals surface area contributed by atoms with Crippen LogP contribution in [0.4, 0.5) is 0 Å². The average Bonchev–Trinajstić information content (AvgIpc) is 2.40. The molecule has 0 aliphatic heterocycles. The van der Waals surface area contributed by atoms with Crippen molar-refractivity contribution in [2.75, 3.05) is 21.3 Å². The van der Waals surface area contributed by atoms with Gasteiger partial charge in [-0.2, -0.15) is 0 Å². The minimum Gasteiger partial charge on any atom is -0.373 e. The highest BCUT2D eigenvalue weighted by molar-refractivity contribution is 6.75. The van der Waals surface area contributed by atoms with Gasteiger partial charge in [0.1, 0.15) is 0 Å². The molecular formula is C13H22O3Si. The fourth-order valence-electron chi connectivity index (χ4n) is 1.90. The largest absolute Gasteiger partial charge is 0.536 e. The van der Waals surface area contributed by atoms with Crippen molar-refractivity contribution in [2.45, 2.75) is 26.2 Å². The molecule has 0 N–H and O–H groups in total. The van der Waals surface area contributed by atoms with Gasteiger partial charge >= 0.3 is 8.80 Å². The number of rotatable bonds is 7. The first-order valence-corrected chi connectivity index (χ1v) is 7.69. The summed E-state index contributed by atoms with van der Waals surface area (Å²) in [5, 5.41) is 1.03. The van der Waals surface area contributed by atoms with Crippen LogP contribution in [-0.4, -0.2) is 30.1 Å². The van der Waals surface area contributed by atoms with E-state index >= 15 is 0 Å². The SMILES string of the molecule is CCCCc1cccc([Si](OC)(OC)OC)c1. The van der Waals surface area contributed by atoms with Crippen LogP contribution in [-0.2, 0) is 19.7 Å². The van der Waals surface area contributed by atoms with E-state index in [1.165, 1.54) is 18.4 Å². The lowest BCUT2D eigenvalue weighted by atomic mass is 10.1. The molecule has 1 aromatic carbocycles. The summed E-state index contributed by atoms with van der Waals surface area (Å²) >= 11 is 0. The lowest BCUT2D eigenvalue weighted by molar-refractivity contribution is 0.140. The van der Waals surface area contributed by atoms with Gasteiger partial charge in [-0.3, -0.25) is 0 Å². The highest BCUT2D eigenvalue weighted by atomic mass is 28.4. The predicted octanol–water partition coefficient (Wildman–Crippen LogP) is 2.11. The van der Waals surface area contributed by atoms with Crippen LogP contribution in [0.3, 0.4) is 0 Å². The Bertz CT molecular complexity index is 329. The van der Waals surface area contributed by atoms with Crippen molar-refractivity contribution in [1.29, 1.82) is 0 Å². The molecule has 0 saturated carbocycles. The topological polar surface area (TPSA) is 27.7 Å². The van der Waals surface area contributed by atoms with Crippen molar-refractivity contribution in [2.24, 2.45) is 0 Å². The molecule has 1 aromatic rings.